The third kappa shape index (κ3) is 3.16. The second-order valence-electron chi connectivity index (χ2n) is 4.24. The van der Waals surface area contributed by atoms with E-state index in [1.807, 2.05) is 0 Å². The number of nitriles is 1. The predicted octanol–water partition coefficient (Wildman–Crippen LogP) is 3.27. The van der Waals surface area contributed by atoms with Gasteiger partial charge in [-0.3, -0.25) is 0 Å². The van der Waals surface area contributed by atoms with E-state index in [0.29, 0.717) is 11.1 Å². The predicted molar refractivity (Wildman–Crippen MR) is 68.0 cm³/mol. The van der Waals surface area contributed by atoms with Crippen molar-refractivity contribution in [2.45, 2.75) is 13.1 Å². The Bertz CT molecular complexity index is 663. The minimum Gasteiger partial charge on any atom is -0.309 e. The summed E-state index contributed by atoms with van der Waals surface area (Å²) in [5, 5.41) is 11.6. The fraction of sp³-hybridized carbons (Fsp3) is 0.133. The number of nitrogens with one attached hydrogen (secondary N) is 1. The maximum Gasteiger partial charge on any atom is 0.159 e. The number of nitrogens with zero attached hydrogens (tertiary/aromatic N) is 1. The first-order valence-corrected chi connectivity index (χ1v) is 5.94. The summed E-state index contributed by atoms with van der Waals surface area (Å²) in [5.74, 6) is -2.38. The van der Waals surface area contributed by atoms with Gasteiger partial charge in [0.05, 0.1) is 5.56 Å². The Kier molecular flexibility index (Phi) is 4.38. The second kappa shape index (κ2) is 6.22. The van der Waals surface area contributed by atoms with Crippen LogP contribution in [0.1, 0.15) is 16.7 Å². The Morgan fingerprint density at radius 2 is 1.80 bits per heavy atom. The Balaban J connectivity index is 2.00. The largest absolute Gasteiger partial charge is 0.309 e. The van der Waals surface area contributed by atoms with E-state index >= 15 is 0 Å². The quantitative estimate of drug-likeness (QED) is 0.930. The highest BCUT2D eigenvalue weighted by Gasteiger charge is 2.07. The van der Waals surface area contributed by atoms with Gasteiger partial charge in [0.25, 0.3) is 0 Å². The molecule has 5 heteroatoms. The lowest BCUT2D eigenvalue weighted by atomic mass is 10.1. The zero-order valence-electron chi connectivity index (χ0n) is 10.5. The molecule has 1 N–H and O–H groups in total. The topological polar surface area (TPSA) is 35.8 Å². The molecule has 2 aromatic rings. The lowest BCUT2D eigenvalue weighted by molar-refractivity contribution is 0.505. The summed E-state index contributed by atoms with van der Waals surface area (Å²) < 4.78 is 39.5. The smallest absolute Gasteiger partial charge is 0.159 e. The average molecular weight is 276 g/mol. The van der Waals surface area contributed by atoms with Crippen LogP contribution in [-0.4, -0.2) is 0 Å². The molecule has 2 aromatic carbocycles. The van der Waals surface area contributed by atoms with E-state index in [0.717, 1.165) is 12.1 Å². The molecule has 0 saturated carbocycles. The van der Waals surface area contributed by atoms with Crippen molar-refractivity contribution in [3.05, 3.63) is 70.5 Å². The maximum atomic E-state index is 13.7. The summed E-state index contributed by atoms with van der Waals surface area (Å²) in [6.45, 7) is 0.466. The van der Waals surface area contributed by atoms with Crippen molar-refractivity contribution < 1.29 is 13.2 Å². The monoisotopic (exact) mass is 276 g/mol. The number of halogens is 3. The maximum absolute atomic E-state index is 13.7. The molecule has 20 heavy (non-hydrogen) atoms. The molecule has 0 saturated heterocycles. The third-order valence-corrected chi connectivity index (χ3v) is 2.83. The molecule has 0 unspecified atom stereocenters. The highest BCUT2D eigenvalue weighted by molar-refractivity contribution is 5.34. The van der Waals surface area contributed by atoms with E-state index in [9.17, 15) is 13.2 Å². The average Bonchev–Trinajstić information content (AvgIpc) is 2.44. The van der Waals surface area contributed by atoms with Gasteiger partial charge < -0.3 is 5.32 Å². The van der Waals surface area contributed by atoms with Gasteiger partial charge in [-0.2, -0.15) is 5.26 Å². The van der Waals surface area contributed by atoms with E-state index in [1.54, 1.807) is 18.2 Å². The molecular weight excluding hydrogens is 265 g/mol. The molecule has 0 bridgehead atoms. The summed E-state index contributed by atoms with van der Waals surface area (Å²) in [6, 6.07) is 9.90. The van der Waals surface area contributed by atoms with E-state index in [4.69, 9.17) is 5.26 Å². The summed E-state index contributed by atoms with van der Waals surface area (Å²) in [5.41, 5.74) is 0.893. The highest BCUT2D eigenvalue weighted by atomic mass is 19.2. The molecule has 102 valence electrons. The van der Waals surface area contributed by atoms with Gasteiger partial charge in [0.15, 0.2) is 11.6 Å². The fourth-order valence-electron chi connectivity index (χ4n) is 1.79. The first-order chi connectivity index (χ1) is 9.61. The van der Waals surface area contributed by atoms with Crippen molar-refractivity contribution in [3.63, 3.8) is 0 Å². The second-order valence-corrected chi connectivity index (χ2v) is 4.24. The van der Waals surface area contributed by atoms with Gasteiger partial charge in [0.1, 0.15) is 11.9 Å². The molecule has 0 atom stereocenters. The van der Waals surface area contributed by atoms with Crippen molar-refractivity contribution >= 4 is 0 Å². The van der Waals surface area contributed by atoms with Crippen molar-refractivity contribution in [3.8, 4) is 6.07 Å². The summed E-state index contributed by atoms with van der Waals surface area (Å²) in [4.78, 5) is 0. The summed E-state index contributed by atoms with van der Waals surface area (Å²) in [6.07, 6.45) is 0. The van der Waals surface area contributed by atoms with Gasteiger partial charge in [0, 0.05) is 18.7 Å². The lowest BCUT2D eigenvalue weighted by Crippen LogP contribution is -2.14. The third-order valence-electron chi connectivity index (χ3n) is 2.83. The molecule has 0 fully saturated rings. The van der Waals surface area contributed by atoms with Crippen LogP contribution in [0.15, 0.2) is 36.4 Å². The molecule has 2 nitrogen and oxygen atoms in total. The van der Waals surface area contributed by atoms with Crippen molar-refractivity contribution in [1.82, 2.24) is 5.32 Å². The van der Waals surface area contributed by atoms with Crippen LogP contribution in [0.5, 0.6) is 0 Å². The Morgan fingerprint density at radius 3 is 2.50 bits per heavy atom. The molecule has 0 radical (unpaired) electrons. The van der Waals surface area contributed by atoms with E-state index in [-0.39, 0.29) is 18.7 Å². The molecule has 0 aliphatic rings. The van der Waals surface area contributed by atoms with Crippen LogP contribution in [-0.2, 0) is 13.1 Å². The SMILES string of the molecule is N#Cc1cccc(CNCc2ccc(F)c(F)c2)c1F. The van der Waals surface area contributed by atoms with E-state index in [1.165, 1.54) is 12.1 Å². The fourth-order valence-corrected chi connectivity index (χ4v) is 1.79. The first-order valence-electron chi connectivity index (χ1n) is 5.94. The van der Waals surface area contributed by atoms with Crippen LogP contribution in [0, 0.1) is 28.8 Å². The lowest BCUT2D eigenvalue weighted by Gasteiger charge is -2.07. The number of hydrogen-bond acceptors (Lipinski definition) is 2. The van der Waals surface area contributed by atoms with Crippen LogP contribution in [0.2, 0.25) is 0 Å². The van der Waals surface area contributed by atoms with Gasteiger partial charge in [0.2, 0.25) is 0 Å². The summed E-state index contributed by atoms with van der Waals surface area (Å²) >= 11 is 0. The van der Waals surface area contributed by atoms with Crippen molar-refractivity contribution in [1.29, 1.82) is 5.26 Å². The van der Waals surface area contributed by atoms with Crippen LogP contribution in [0.4, 0.5) is 13.2 Å². The number of benzene rings is 2. The summed E-state index contributed by atoms with van der Waals surface area (Å²) in [7, 11) is 0. The highest BCUT2D eigenvalue weighted by Crippen LogP contribution is 2.12. The Hall–Kier alpha value is -2.32. The van der Waals surface area contributed by atoms with Gasteiger partial charge in [-0.05, 0) is 23.8 Å². The molecular formula is C15H11F3N2. The Morgan fingerprint density at radius 1 is 1.00 bits per heavy atom. The molecule has 2 rings (SSSR count). The van der Waals surface area contributed by atoms with Crippen molar-refractivity contribution in [2.75, 3.05) is 0 Å². The van der Waals surface area contributed by atoms with Crippen molar-refractivity contribution in [2.24, 2.45) is 0 Å². The van der Waals surface area contributed by atoms with Gasteiger partial charge in [-0.25, -0.2) is 13.2 Å². The number of rotatable bonds is 4. The van der Waals surface area contributed by atoms with Gasteiger partial charge in [-0.1, -0.05) is 18.2 Å². The van der Waals surface area contributed by atoms with E-state index in [2.05, 4.69) is 5.32 Å². The Labute approximate surface area is 114 Å². The minimum absolute atomic E-state index is 0.0165. The van der Waals surface area contributed by atoms with Crippen LogP contribution in [0.25, 0.3) is 0 Å². The minimum atomic E-state index is -0.915. The van der Waals surface area contributed by atoms with Crippen LogP contribution in [0.3, 0.4) is 0 Å². The molecule has 0 heterocycles. The molecule has 0 amide bonds. The molecule has 0 aromatic heterocycles. The zero-order valence-corrected chi connectivity index (χ0v) is 10.5. The number of hydrogen-bond donors (Lipinski definition) is 1. The molecule has 0 spiro atoms. The van der Waals surface area contributed by atoms with Gasteiger partial charge >= 0.3 is 0 Å². The molecule has 0 aliphatic heterocycles. The first kappa shape index (κ1) is 14.1. The van der Waals surface area contributed by atoms with Gasteiger partial charge in [-0.15, -0.1) is 0 Å². The van der Waals surface area contributed by atoms with Crippen LogP contribution >= 0.6 is 0 Å². The normalized spacial score (nSPS) is 10.3. The van der Waals surface area contributed by atoms with Crippen LogP contribution < -0.4 is 5.32 Å². The standard InChI is InChI=1S/C15H11F3N2/c16-13-5-4-10(6-14(13)17)8-20-9-12-3-1-2-11(7-19)15(12)18/h1-6,20H,8-9H2. The molecule has 0 aliphatic carbocycles. The zero-order chi connectivity index (χ0) is 14.5. The van der Waals surface area contributed by atoms with E-state index < -0.39 is 17.5 Å².